The Morgan fingerprint density at radius 1 is 0.966 bits per heavy atom. The van der Waals surface area contributed by atoms with Crippen LogP contribution in [0.3, 0.4) is 0 Å². The van der Waals surface area contributed by atoms with Gasteiger partial charge in [-0.2, -0.15) is 4.98 Å². The monoisotopic (exact) mass is 449 g/mol. The van der Waals surface area contributed by atoms with Crippen molar-refractivity contribution in [2.24, 2.45) is 0 Å². The van der Waals surface area contributed by atoms with Gasteiger partial charge < -0.3 is 14.6 Å². The average molecular weight is 450 g/mol. The molecule has 0 bridgehead atoms. The zero-order valence-electron chi connectivity index (χ0n) is 15.2. The number of nitrogens with one attached hydrogen (secondary N) is 1. The van der Waals surface area contributed by atoms with Gasteiger partial charge in [0.1, 0.15) is 5.75 Å². The number of para-hydroxylation sites is 2. The quantitative estimate of drug-likeness (QED) is 0.430. The van der Waals surface area contributed by atoms with E-state index in [1.807, 2.05) is 60.7 Å². The zero-order valence-corrected chi connectivity index (χ0v) is 16.8. The number of hydrogen-bond acceptors (Lipinski definition) is 5. The molecular weight excluding hydrogens is 434 g/mol. The van der Waals surface area contributed by atoms with Crippen molar-refractivity contribution < 1.29 is 14.1 Å². The van der Waals surface area contributed by atoms with Gasteiger partial charge in [0.05, 0.1) is 11.3 Å². The highest BCUT2D eigenvalue weighted by Gasteiger charge is 2.15. The van der Waals surface area contributed by atoms with Crippen LogP contribution < -0.4 is 10.1 Å². The maximum absolute atomic E-state index is 12.6. The average Bonchev–Trinajstić information content (AvgIpc) is 3.23. The van der Waals surface area contributed by atoms with Crippen molar-refractivity contribution in [2.45, 2.75) is 6.61 Å². The number of rotatable bonds is 6. The second kappa shape index (κ2) is 8.70. The predicted octanol–water partition coefficient (Wildman–Crippen LogP) is 5.33. The van der Waals surface area contributed by atoms with Crippen LogP contribution in [0.1, 0.15) is 16.2 Å². The molecule has 3 aromatic carbocycles. The van der Waals surface area contributed by atoms with Gasteiger partial charge in [-0.05, 0) is 48.5 Å². The summed E-state index contributed by atoms with van der Waals surface area (Å²) in [5.41, 5.74) is 1.77. The molecule has 0 aliphatic carbocycles. The Labute approximate surface area is 175 Å². The van der Waals surface area contributed by atoms with Crippen molar-refractivity contribution in [2.75, 3.05) is 5.32 Å². The van der Waals surface area contributed by atoms with Crippen molar-refractivity contribution >= 4 is 27.5 Å². The molecule has 0 aliphatic rings. The smallest absolute Gasteiger partial charge is 0.260 e. The number of carbonyl (C=O) groups excluding carboxylic acids is 1. The molecule has 6 nitrogen and oxygen atoms in total. The van der Waals surface area contributed by atoms with Crippen LogP contribution in [-0.4, -0.2) is 16.0 Å². The SMILES string of the molecule is O=C(Nc1ccccc1-c1nc(COc2ccccc2)no1)c1ccc(Br)cc1. The van der Waals surface area contributed by atoms with Crippen LogP contribution in [0.4, 0.5) is 5.69 Å². The highest BCUT2D eigenvalue weighted by Crippen LogP contribution is 2.27. The van der Waals surface area contributed by atoms with Crippen LogP contribution in [0, 0.1) is 0 Å². The van der Waals surface area contributed by atoms with Gasteiger partial charge in [-0.25, -0.2) is 0 Å². The fourth-order valence-corrected chi connectivity index (χ4v) is 2.93. The van der Waals surface area contributed by atoms with Crippen LogP contribution >= 0.6 is 15.9 Å². The van der Waals surface area contributed by atoms with Gasteiger partial charge in [-0.15, -0.1) is 0 Å². The second-order valence-electron chi connectivity index (χ2n) is 6.12. The molecule has 144 valence electrons. The van der Waals surface area contributed by atoms with E-state index in [4.69, 9.17) is 9.26 Å². The lowest BCUT2D eigenvalue weighted by molar-refractivity contribution is 0.102. The summed E-state index contributed by atoms with van der Waals surface area (Å²) < 4.78 is 11.9. The van der Waals surface area contributed by atoms with Crippen LogP contribution in [0.2, 0.25) is 0 Å². The number of aromatic nitrogens is 2. The van der Waals surface area contributed by atoms with E-state index in [1.54, 1.807) is 18.2 Å². The van der Waals surface area contributed by atoms with E-state index in [1.165, 1.54) is 0 Å². The molecule has 0 saturated carbocycles. The Bertz CT molecular complexity index is 1110. The minimum atomic E-state index is -0.225. The van der Waals surface area contributed by atoms with E-state index in [0.29, 0.717) is 28.5 Å². The van der Waals surface area contributed by atoms with E-state index in [-0.39, 0.29) is 12.5 Å². The summed E-state index contributed by atoms with van der Waals surface area (Å²) in [5.74, 6) is 1.22. The Morgan fingerprint density at radius 2 is 1.69 bits per heavy atom. The lowest BCUT2D eigenvalue weighted by Gasteiger charge is -2.08. The highest BCUT2D eigenvalue weighted by atomic mass is 79.9. The Balaban J connectivity index is 1.50. The topological polar surface area (TPSA) is 77.2 Å². The van der Waals surface area contributed by atoms with Gasteiger partial charge in [0.15, 0.2) is 6.61 Å². The van der Waals surface area contributed by atoms with Gasteiger partial charge in [-0.3, -0.25) is 4.79 Å². The second-order valence-corrected chi connectivity index (χ2v) is 7.04. The molecule has 0 unspecified atom stereocenters. The van der Waals surface area contributed by atoms with E-state index < -0.39 is 0 Å². The third kappa shape index (κ3) is 4.70. The molecule has 0 fully saturated rings. The summed E-state index contributed by atoms with van der Waals surface area (Å²) in [6, 6.07) is 23.8. The number of carbonyl (C=O) groups is 1. The maximum atomic E-state index is 12.6. The normalized spacial score (nSPS) is 10.5. The molecule has 4 rings (SSSR count). The lowest BCUT2D eigenvalue weighted by atomic mass is 10.1. The van der Waals surface area contributed by atoms with Gasteiger partial charge in [0.2, 0.25) is 5.82 Å². The maximum Gasteiger partial charge on any atom is 0.260 e. The van der Waals surface area contributed by atoms with Crippen LogP contribution in [0.15, 0.2) is 87.9 Å². The summed E-state index contributed by atoms with van der Waals surface area (Å²) >= 11 is 3.36. The largest absolute Gasteiger partial charge is 0.485 e. The minimum Gasteiger partial charge on any atom is -0.485 e. The summed E-state index contributed by atoms with van der Waals surface area (Å²) in [6.45, 7) is 0.181. The van der Waals surface area contributed by atoms with Crippen molar-refractivity contribution in [1.82, 2.24) is 10.1 Å². The van der Waals surface area contributed by atoms with Gasteiger partial charge in [-0.1, -0.05) is 51.4 Å². The van der Waals surface area contributed by atoms with Crippen molar-refractivity contribution in [3.05, 3.63) is 94.7 Å². The van der Waals surface area contributed by atoms with E-state index in [0.717, 1.165) is 10.2 Å². The number of halogens is 1. The first kappa shape index (κ1) is 18.9. The van der Waals surface area contributed by atoms with Gasteiger partial charge in [0, 0.05) is 10.0 Å². The van der Waals surface area contributed by atoms with Crippen molar-refractivity contribution in [3.8, 4) is 17.2 Å². The molecule has 0 radical (unpaired) electrons. The Morgan fingerprint density at radius 3 is 2.48 bits per heavy atom. The number of amides is 1. The predicted molar refractivity (Wildman–Crippen MR) is 113 cm³/mol. The molecule has 1 N–H and O–H groups in total. The summed E-state index contributed by atoms with van der Waals surface area (Å²) in [5, 5.41) is 6.87. The van der Waals surface area contributed by atoms with E-state index in [2.05, 4.69) is 31.4 Å². The number of hydrogen-bond donors (Lipinski definition) is 1. The number of anilines is 1. The molecule has 29 heavy (non-hydrogen) atoms. The highest BCUT2D eigenvalue weighted by molar-refractivity contribution is 9.10. The Kier molecular flexibility index (Phi) is 5.67. The first-order valence-corrected chi connectivity index (χ1v) is 9.65. The number of nitrogens with zero attached hydrogens (tertiary/aromatic N) is 2. The fourth-order valence-electron chi connectivity index (χ4n) is 2.66. The molecule has 4 aromatic rings. The van der Waals surface area contributed by atoms with Crippen LogP contribution in [0.25, 0.3) is 11.5 Å². The van der Waals surface area contributed by atoms with Gasteiger partial charge >= 0.3 is 0 Å². The van der Waals surface area contributed by atoms with E-state index >= 15 is 0 Å². The standard InChI is InChI=1S/C22H16BrN3O3/c23-16-12-10-15(11-13-16)21(27)24-19-9-5-4-8-18(19)22-25-20(26-29-22)14-28-17-6-2-1-3-7-17/h1-13H,14H2,(H,24,27). The third-order valence-electron chi connectivity index (χ3n) is 4.09. The van der Waals surface area contributed by atoms with Crippen molar-refractivity contribution in [3.63, 3.8) is 0 Å². The summed E-state index contributed by atoms with van der Waals surface area (Å²) in [6.07, 6.45) is 0. The first-order chi connectivity index (χ1) is 14.2. The Hall–Kier alpha value is -3.45. The molecule has 1 aromatic heterocycles. The molecule has 1 heterocycles. The molecule has 7 heteroatoms. The molecule has 1 amide bonds. The minimum absolute atomic E-state index is 0.181. The number of ether oxygens (including phenoxy) is 1. The van der Waals surface area contributed by atoms with Crippen LogP contribution in [-0.2, 0) is 6.61 Å². The van der Waals surface area contributed by atoms with Gasteiger partial charge in [0.25, 0.3) is 11.8 Å². The lowest BCUT2D eigenvalue weighted by Crippen LogP contribution is -2.12. The summed E-state index contributed by atoms with van der Waals surface area (Å²) in [7, 11) is 0. The third-order valence-corrected chi connectivity index (χ3v) is 4.62. The molecule has 0 atom stereocenters. The molecule has 0 aliphatic heterocycles. The first-order valence-electron chi connectivity index (χ1n) is 8.86. The summed E-state index contributed by atoms with van der Waals surface area (Å²) in [4.78, 5) is 16.9. The molecule has 0 spiro atoms. The zero-order chi connectivity index (χ0) is 20.1. The van der Waals surface area contributed by atoms with E-state index in [9.17, 15) is 4.79 Å². The molecular formula is C22H16BrN3O3. The van der Waals surface area contributed by atoms with Crippen LogP contribution in [0.5, 0.6) is 5.75 Å². The molecule has 0 saturated heterocycles. The number of benzene rings is 3. The van der Waals surface area contributed by atoms with Crippen molar-refractivity contribution in [1.29, 1.82) is 0 Å². The fraction of sp³-hybridized carbons (Fsp3) is 0.0455.